The van der Waals surface area contributed by atoms with Gasteiger partial charge < -0.3 is 9.26 Å². The lowest BCUT2D eigenvalue weighted by atomic mass is 10.7. The van der Waals surface area contributed by atoms with Crippen LogP contribution < -0.4 is 0 Å². The number of nitrogens with zero attached hydrogens (tertiary/aromatic N) is 2. The van der Waals surface area contributed by atoms with Crippen LogP contribution >= 0.6 is 0 Å². The zero-order valence-electron chi connectivity index (χ0n) is 9.42. The highest BCUT2D eigenvalue weighted by Crippen LogP contribution is 1.95. The molecule has 0 fully saturated rings. The van der Waals surface area contributed by atoms with Crippen LogP contribution in [0.5, 0.6) is 0 Å². The topological polar surface area (TPSA) is 48.2 Å². The minimum atomic E-state index is 0.390. The van der Waals surface area contributed by atoms with E-state index in [0.717, 1.165) is 0 Å². The summed E-state index contributed by atoms with van der Waals surface area (Å²) >= 11 is 0. The zero-order chi connectivity index (χ0) is 10.7. The van der Waals surface area contributed by atoms with Crippen molar-refractivity contribution in [1.82, 2.24) is 10.1 Å². The van der Waals surface area contributed by atoms with E-state index in [-0.39, 0.29) is 0 Å². The molecule has 0 spiro atoms. The van der Waals surface area contributed by atoms with Gasteiger partial charge in [-0.15, -0.1) is 0 Å². The second-order valence-corrected chi connectivity index (χ2v) is 1.67. The Morgan fingerprint density at radius 3 is 2.08 bits per heavy atom. The largest absolute Gasteiger partial charge is 0.375 e. The summed E-state index contributed by atoms with van der Waals surface area (Å²) < 4.78 is 9.46. The van der Waals surface area contributed by atoms with E-state index >= 15 is 0 Å². The highest BCUT2D eigenvalue weighted by Gasteiger charge is 1.98. The van der Waals surface area contributed by atoms with Crippen LogP contribution in [0.1, 0.15) is 39.4 Å². The highest BCUT2D eigenvalue weighted by atomic mass is 16.5. The number of hydrogen-bond donors (Lipinski definition) is 0. The maximum absolute atomic E-state index is 4.74. The van der Waals surface area contributed by atoms with Crippen LogP contribution in [0.3, 0.4) is 0 Å². The minimum Gasteiger partial charge on any atom is -0.375 e. The molecule has 78 valence electrons. The second-order valence-electron chi connectivity index (χ2n) is 1.67. The Morgan fingerprint density at radius 2 is 1.77 bits per heavy atom. The first-order valence-corrected chi connectivity index (χ1v) is 4.61. The van der Waals surface area contributed by atoms with Crippen LogP contribution in [0, 0.1) is 6.92 Å². The van der Waals surface area contributed by atoms with Crippen molar-refractivity contribution in [2.24, 2.45) is 0 Å². The van der Waals surface area contributed by atoms with Gasteiger partial charge in [0.2, 0.25) is 0 Å². The molecule has 4 nitrogen and oxygen atoms in total. The molecule has 13 heavy (non-hydrogen) atoms. The van der Waals surface area contributed by atoms with Crippen molar-refractivity contribution in [3.63, 3.8) is 0 Å². The van der Waals surface area contributed by atoms with Gasteiger partial charge in [-0.05, 0) is 6.92 Å². The lowest BCUT2D eigenvalue weighted by molar-refractivity contribution is 0.151. The van der Waals surface area contributed by atoms with Gasteiger partial charge in [-0.25, -0.2) is 0 Å². The first-order valence-electron chi connectivity index (χ1n) is 4.61. The lowest BCUT2D eigenvalue weighted by Gasteiger charge is -1.85. The predicted octanol–water partition coefficient (Wildman–Crippen LogP) is 2.58. The van der Waals surface area contributed by atoms with Gasteiger partial charge in [0, 0.05) is 7.11 Å². The average Bonchev–Trinajstić information content (AvgIpc) is 2.59. The van der Waals surface area contributed by atoms with Gasteiger partial charge in [0.05, 0.1) is 0 Å². The van der Waals surface area contributed by atoms with Gasteiger partial charge in [0.15, 0.2) is 5.82 Å². The Morgan fingerprint density at radius 1 is 1.23 bits per heavy atom. The maximum atomic E-state index is 4.74. The van der Waals surface area contributed by atoms with Crippen LogP contribution in [-0.4, -0.2) is 17.3 Å². The maximum Gasteiger partial charge on any atom is 0.252 e. The van der Waals surface area contributed by atoms with Crippen LogP contribution in [-0.2, 0) is 11.3 Å². The van der Waals surface area contributed by atoms with Crippen molar-refractivity contribution in [2.75, 3.05) is 7.11 Å². The predicted molar refractivity (Wildman–Crippen MR) is 52.4 cm³/mol. The van der Waals surface area contributed by atoms with E-state index in [0.29, 0.717) is 18.3 Å². The van der Waals surface area contributed by atoms with Crippen LogP contribution in [0.15, 0.2) is 4.52 Å². The molecule has 0 aromatic carbocycles. The van der Waals surface area contributed by atoms with E-state index in [2.05, 4.69) is 10.1 Å². The molecule has 0 aliphatic heterocycles. The van der Waals surface area contributed by atoms with Crippen molar-refractivity contribution in [1.29, 1.82) is 0 Å². The normalized spacial score (nSPS) is 7.85. The highest BCUT2D eigenvalue weighted by molar-refractivity contribution is 4.79. The third-order valence-corrected chi connectivity index (χ3v) is 0.837. The summed E-state index contributed by atoms with van der Waals surface area (Å²) in [5.74, 6) is 1.16. The fourth-order valence-electron chi connectivity index (χ4n) is 0.522. The Kier molecular flexibility index (Phi) is 12.5. The molecule has 0 atom stereocenters. The van der Waals surface area contributed by atoms with Crippen molar-refractivity contribution in [3.8, 4) is 0 Å². The molecule has 0 aliphatic rings. The summed E-state index contributed by atoms with van der Waals surface area (Å²) in [5, 5.41) is 3.57. The number of rotatable bonds is 2. The number of aryl methyl sites for hydroxylation is 1. The molecule has 0 amide bonds. The molecular formula is C9H20N2O2. The molecule has 1 rings (SSSR count). The molecule has 0 radical (unpaired) electrons. The SMILES string of the molecule is CC.CC.COCc1nc(C)no1. The smallest absolute Gasteiger partial charge is 0.252 e. The molecule has 0 saturated carbocycles. The molecule has 0 bridgehead atoms. The average molecular weight is 188 g/mol. The quantitative estimate of drug-likeness (QED) is 0.715. The summed E-state index contributed by atoms with van der Waals surface area (Å²) in [7, 11) is 1.58. The molecule has 1 aromatic rings. The number of methoxy groups -OCH3 is 1. The first-order chi connectivity index (χ1) is 6.33. The first kappa shape index (κ1) is 14.6. The van der Waals surface area contributed by atoms with Gasteiger partial charge in [-0.2, -0.15) is 4.98 Å². The van der Waals surface area contributed by atoms with Crippen molar-refractivity contribution < 1.29 is 9.26 Å². The molecule has 4 heteroatoms. The standard InChI is InChI=1S/C5H8N2O2.2C2H6/c1-4-6-5(3-8-2)9-7-4;2*1-2/h3H2,1-2H3;2*1-2H3. The molecule has 1 aromatic heterocycles. The molecule has 0 aliphatic carbocycles. The van der Waals surface area contributed by atoms with Crippen LogP contribution in [0.4, 0.5) is 0 Å². The van der Waals surface area contributed by atoms with Gasteiger partial charge in [-0.3, -0.25) is 0 Å². The van der Waals surface area contributed by atoms with Gasteiger partial charge >= 0.3 is 0 Å². The van der Waals surface area contributed by atoms with Crippen molar-refractivity contribution >= 4 is 0 Å². The summed E-state index contributed by atoms with van der Waals surface area (Å²) in [4.78, 5) is 3.90. The third kappa shape index (κ3) is 7.46. The molecule has 0 unspecified atom stereocenters. The monoisotopic (exact) mass is 188 g/mol. The second kappa shape index (κ2) is 11.1. The van der Waals surface area contributed by atoms with Crippen molar-refractivity contribution in [2.45, 2.75) is 41.2 Å². The number of hydrogen-bond acceptors (Lipinski definition) is 4. The van der Waals surface area contributed by atoms with Crippen molar-refractivity contribution in [3.05, 3.63) is 11.7 Å². The Balaban J connectivity index is 0. The molecule has 0 N–H and O–H groups in total. The number of aromatic nitrogens is 2. The lowest BCUT2D eigenvalue weighted by Crippen LogP contribution is -1.85. The summed E-state index contributed by atoms with van der Waals surface area (Å²) in [6.45, 7) is 10.2. The molecule has 1 heterocycles. The minimum absolute atomic E-state index is 0.390. The summed E-state index contributed by atoms with van der Waals surface area (Å²) in [6.07, 6.45) is 0. The van der Waals surface area contributed by atoms with E-state index in [1.54, 1.807) is 14.0 Å². The fraction of sp³-hybridized carbons (Fsp3) is 0.778. The Hall–Kier alpha value is -0.900. The van der Waals surface area contributed by atoms with E-state index in [4.69, 9.17) is 9.26 Å². The van der Waals surface area contributed by atoms with E-state index in [1.807, 2.05) is 27.7 Å². The zero-order valence-corrected chi connectivity index (χ0v) is 9.42. The number of ether oxygens (including phenoxy) is 1. The van der Waals surface area contributed by atoms with Gasteiger partial charge in [0.1, 0.15) is 6.61 Å². The molecular weight excluding hydrogens is 168 g/mol. The van der Waals surface area contributed by atoms with Crippen LogP contribution in [0.25, 0.3) is 0 Å². The summed E-state index contributed by atoms with van der Waals surface area (Å²) in [5.41, 5.74) is 0. The summed E-state index contributed by atoms with van der Waals surface area (Å²) in [6, 6.07) is 0. The Labute approximate surface area is 80.3 Å². The Bertz CT molecular complexity index is 187. The fourth-order valence-corrected chi connectivity index (χ4v) is 0.522. The van der Waals surface area contributed by atoms with Crippen LogP contribution in [0.2, 0.25) is 0 Å². The van der Waals surface area contributed by atoms with E-state index < -0.39 is 0 Å². The van der Waals surface area contributed by atoms with E-state index in [9.17, 15) is 0 Å². The van der Waals surface area contributed by atoms with Gasteiger partial charge in [-0.1, -0.05) is 32.9 Å². The third-order valence-electron chi connectivity index (χ3n) is 0.837. The van der Waals surface area contributed by atoms with Gasteiger partial charge in [0.25, 0.3) is 5.89 Å². The van der Waals surface area contributed by atoms with E-state index in [1.165, 1.54) is 0 Å². The molecule has 0 saturated heterocycles.